The lowest BCUT2D eigenvalue weighted by molar-refractivity contribution is -0.384. The van der Waals surface area contributed by atoms with Crippen molar-refractivity contribution in [2.75, 3.05) is 7.05 Å². The summed E-state index contributed by atoms with van der Waals surface area (Å²) in [6, 6.07) is 11.4. The van der Waals surface area contributed by atoms with Crippen LogP contribution in [0.15, 0.2) is 58.6 Å². The molecule has 26 heavy (non-hydrogen) atoms. The van der Waals surface area contributed by atoms with Crippen LogP contribution in [0.1, 0.15) is 17.2 Å². The molecule has 1 heterocycles. The highest BCUT2D eigenvalue weighted by Crippen LogP contribution is 2.39. The standard InChI is InChI=1S/C18H13BrN2O5/c1-20-15(11-3-2-4-13(9-11)21(25)26)14(17(23)18(20)24)16(22)10-5-7-12(19)8-6-10/h2-9,15,22H,1H3/t15-/m1/s1. The van der Waals surface area contributed by atoms with Crippen molar-refractivity contribution < 1.29 is 19.6 Å². The molecule has 8 heteroatoms. The van der Waals surface area contributed by atoms with Crippen molar-refractivity contribution in [3.63, 3.8) is 0 Å². The lowest BCUT2D eigenvalue weighted by Gasteiger charge is -2.20. The smallest absolute Gasteiger partial charge is 0.295 e. The number of likely N-dealkylation sites (tertiary alicyclic amines) is 1. The van der Waals surface area contributed by atoms with Crippen LogP contribution in [0.3, 0.4) is 0 Å². The molecule has 2 aromatic carbocycles. The van der Waals surface area contributed by atoms with Crippen LogP contribution in [-0.4, -0.2) is 33.7 Å². The average molecular weight is 417 g/mol. The van der Waals surface area contributed by atoms with E-state index in [1.165, 1.54) is 30.1 Å². The molecule has 1 atom stereocenters. The molecule has 0 unspecified atom stereocenters. The second-order valence-electron chi connectivity index (χ2n) is 5.77. The van der Waals surface area contributed by atoms with Crippen LogP contribution in [0, 0.1) is 10.1 Å². The van der Waals surface area contributed by atoms with Crippen molar-refractivity contribution in [1.29, 1.82) is 0 Å². The number of benzene rings is 2. The fourth-order valence-corrected chi connectivity index (χ4v) is 3.17. The van der Waals surface area contributed by atoms with Gasteiger partial charge in [-0.2, -0.15) is 0 Å². The van der Waals surface area contributed by atoms with Crippen LogP contribution in [0.25, 0.3) is 5.76 Å². The number of nitrogens with zero attached hydrogens (tertiary/aromatic N) is 2. The zero-order valence-corrected chi connectivity index (χ0v) is 15.1. The Balaban J connectivity index is 2.18. The number of halogens is 1. The molecule has 0 radical (unpaired) electrons. The molecule has 1 fully saturated rings. The first-order chi connectivity index (χ1) is 12.3. The molecule has 1 saturated heterocycles. The Labute approximate surface area is 156 Å². The first kappa shape index (κ1) is 17.8. The molecule has 3 rings (SSSR count). The molecule has 0 aromatic heterocycles. The summed E-state index contributed by atoms with van der Waals surface area (Å²) in [7, 11) is 1.42. The second-order valence-corrected chi connectivity index (χ2v) is 6.68. The maximum Gasteiger partial charge on any atom is 0.295 e. The maximum absolute atomic E-state index is 12.4. The number of nitro groups is 1. The lowest BCUT2D eigenvalue weighted by atomic mass is 9.95. The Morgan fingerprint density at radius 1 is 1.19 bits per heavy atom. The SMILES string of the molecule is CN1C(=O)C(=O)C(=C(O)c2ccc(Br)cc2)[C@H]1c1cccc([N+](=O)[O-])c1. The number of ketones is 1. The predicted octanol–water partition coefficient (Wildman–Crippen LogP) is 3.41. The van der Waals surface area contributed by atoms with Gasteiger partial charge in [-0.25, -0.2) is 0 Å². The van der Waals surface area contributed by atoms with E-state index in [-0.39, 0.29) is 17.0 Å². The van der Waals surface area contributed by atoms with Gasteiger partial charge in [-0.15, -0.1) is 0 Å². The summed E-state index contributed by atoms with van der Waals surface area (Å²) < 4.78 is 0.792. The van der Waals surface area contributed by atoms with Gasteiger partial charge in [0, 0.05) is 29.2 Å². The summed E-state index contributed by atoms with van der Waals surface area (Å²) >= 11 is 3.29. The number of hydrogen-bond donors (Lipinski definition) is 1. The van der Waals surface area contributed by atoms with E-state index in [2.05, 4.69) is 15.9 Å². The first-order valence-electron chi connectivity index (χ1n) is 7.56. The molecule has 1 N–H and O–H groups in total. The van der Waals surface area contributed by atoms with Crippen molar-refractivity contribution >= 4 is 39.1 Å². The minimum absolute atomic E-state index is 0.0969. The zero-order chi connectivity index (χ0) is 19.0. The van der Waals surface area contributed by atoms with Gasteiger partial charge in [-0.05, 0) is 17.7 Å². The number of amides is 1. The minimum Gasteiger partial charge on any atom is -0.507 e. The summed E-state index contributed by atoms with van der Waals surface area (Å²) in [4.78, 5) is 36.3. The van der Waals surface area contributed by atoms with Gasteiger partial charge >= 0.3 is 0 Å². The van der Waals surface area contributed by atoms with Crippen molar-refractivity contribution in [2.45, 2.75) is 6.04 Å². The molecular formula is C18H13BrN2O5. The number of carbonyl (C=O) groups is 2. The number of aliphatic hydroxyl groups is 1. The van der Waals surface area contributed by atoms with Gasteiger partial charge in [-0.3, -0.25) is 19.7 Å². The topological polar surface area (TPSA) is 101 Å². The number of likely N-dealkylation sites (N-methyl/N-ethyl adjacent to an activating group) is 1. The largest absolute Gasteiger partial charge is 0.507 e. The predicted molar refractivity (Wildman–Crippen MR) is 97.3 cm³/mol. The van der Waals surface area contributed by atoms with E-state index in [0.717, 1.165) is 4.47 Å². The number of Topliss-reactive ketones (excluding diaryl/α,β-unsaturated/α-hetero) is 1. The monoisotopic (exact) mass is 416 g/mol. The Morgan fingerprint density at radius 2 is 1.85 bits per heavy atom. The van der Waals surface area contributed by atoms with Gasteiger partial charge in [0.25, 0.3) is 17.4 Å². The molecule has 1 aliphatic rings. The van der Waals surface area contributed by atoms with Crippen molar-refractivity contribution in [2.24, 2.45) is 0 Å². The van der Waals surface area contributed by atoms with Crippen LogP contribution >= 0.6 is 15.9 Å². The van der Waals surface area contributed by atoms with E-state index in [4.69, 9.17) is 0 Å². The molecule has 132 valence electrons. The Kier molecular flexibility index (Phi) is 4.60. The van der Waals surface area contributed by atoms with Crippen LogP contribution < -0.4 is 0 Å². The molecule has 0 bridgehead atoms. The number of non-ortho nitro benzene ring substituents is 1. The Hall–Kier alpha value is -3.00. The number of hydrogen-bond acceptors (Lipinski definition) is 5. The maximum atomic E-state index is 12.4. The van der Waals surface area contributed by atoms with E-state index in [1.807, 2.05) is 0 Å². The van der Waals surface area contributed by atoms with Gasteiger partial charge in [0.2, 0.25) is 0 Å². The van der Waals surface area contributed by atoms with E-state index in [0.29, 0.717) is 11.1 Å². The molecule has 1 aliphatic heterocycles. The average Bonchev–Trinajstić information content (AvgIpc) is 2.86. The van der Waals surface area contributed by atoms with E-state index >= 15 is 0 Å². The summed E-state index contributed by atoms with van der Waals surface area (Å²) in [5, 5.41) is 21.7. The first-order valence-corrected chi connectivity index (χ1v) is 8.35. The number of carbonyl (C=O) groups excluding carboxylic acids is 2. The summed E-state index contributed by atoms with van der Waals surface area (Å²) in [5.41, 5.74) is 0.486. The Bertz CT molecular complexity index is 952. The second kappa shape index (κ2) is 6.72. The van der Waals surface area contributed by atoms with Gasteiger partial charge in [0.15, 0.2) is 0 Å². The van der Waals surface area contributed by atoms with Crippen LogP contribution in [0.5, 0.6) is 0 Å². The summed E-state index contributed by atoms with van der Waals surface area (Å²) in [5.74, 6) is -1.93. The highest BCUT2D eigenvalue weighted by molar-refractivity contribution is 9.10. The van der Waals surface area contributed by atoms with E-state index in [9.17, 15) is 24.8 Å². The minimum atomic E-state index is -0.904. The fourth-order valence-electron chi connectivity index (χ4n) is 2.91. The molecule has 2 aromatic rings. The van der Waals surface area contributed by atoms with E-state index < -0.39 is 22.7 Å². The third kappa shape index (κ3) is 2.99. The van der Waals surface area contributed by atoms with Gasteiger partial charge < -0.3 is 10.0 Å². The van der Waals surface area contributed by atoms with Crippen molar-refractivity contribution in [3.05, 3.63) is 79.8 Å². The number of rotatable bonds is 3. The van der Waals surface area contributed by atoms with E-state index in [1.54, 1.807) is 30.3 Å². The quantitative estimate of drug-likeness (QED) is 0.271. The molecule has 1 amide bonds. The van der Waals surface area contributed by atoms with Crippen molar-refractivity contribution in [3.8, 4) is 0 Å². The molecule has 7 nitrogen and oxygen atoms in total. The molecule has 0 saturated carbocycles. The summed E-state index contributed by atoms with van der Waals surface area (Å²) in [6.07, 6.45) is 0. The summed E-state index contributed by atoms with van der Waals surface area (Å²) in [6.45, 7) is 0. The van der Waals surface area contributed by atoms with Gasteiger partial charge in [-0.1, -0.05) is 40.2 Å². The fraction of sp³-hybridized carbons (Fsp3) is 0.111. The van der Waals surface area contributed by atoms with Crippen molar-refractivity contribution in [1.82, 2.24) is 4.90 Å². The number of aliphatic hydroxyl groups excluding tert-OH is 1. The number of nitro benzene ring substituents is 1. The van der Waals surface area contributed by atoms with Crippen LogP contribution in [0.2, 0.25) is 0 Å². The highest BCUT2D eigenvalue weighted by atomic mass is 79.9. The molecule has 0 aliphatic carbocycles. The zero-order valence-electron chi connectivity index (χ0n) is 13.5. The molecule has 0 spiro atoms. The third-order valence-corrected chi connectivity index (χ3v) is 4.72. The van der Waals surface area contributed by atoms with Gasteiger partial charge in [0.05, 0.1) is 16.5 Å². The lowest BCUT2D eigenvalue weighted by Crippen LogP contribution is -2.24. The van der Waals surface area contributed by atoms with Gasteiger partial charge in [0.1, 0.15) is 5.76 Å². The highest BCUT2D eigenvalue weighted by Gasteiger charge is 2.44. The van der Waals surface area contributed by atoms with Crippen LogP contribution in [-0.2, 0) is 9.59 Å². The third-order valence-electron chi connectivity index (χ3n) is 4.19. The van der Waals surface area contributed by atoms with Crippen LogP contribution in [0.4, 0.5) is 5.69 Å². The Morgan fingerprint density at radius 3 is 2.46 bits per heavy atom. The molecular weight excluding hydrogens is 404 g/mol. The normalized spacial score (nSPS) is 19.0.